The number of unbranched alkanes of at least 4 members (excludes halogenated alkanes) is 14. The standard InChI is InChI=1S/C18H36O2.C7H6O2/c1-2-3-4-5-6-7-8-9-10-11-12-13-14-15-16-17-18(19)20;8-7(9)6-4-2-1-3-5-6/h2-17H2,1H3,(H,19,20);1-5H,(H,8,9)/p-2. The van der Waals surface area contributed by atoms with E-state index in [9.17, 15) is 19.8 Å². The lowest BCUT2D eigenvalue weighted by Gasteiger charge is -2.04. The van der Waals surface area contributed by atoms with Crippen molar-refractivity contribution in [1.29, 1.82) is 0 Å². The van der Waals surface area contributed by atoms with E-state index in [1.165, 1.54) is 95.6 Å². The van der Waals surface area contributed by atoms with Gasteiger partial charge in [0, 0.05) is 5.97 Å². The van der Waals surface area contributed by atoms with Crippen molar-refractivity contribution in [3.05, 3.63) is 35.9 Å². The van der Waals surface area contributed by atoms with E-state index in [0.717, 1.165) is 12.8 Å². The van der Waals surface area contributed by atoms with Crippen molar-refractivity contribution >= 4 is 11.9 Å². The van der Waals surface area contributed by atoms with Gasteiger partial charge in [-0.05, 0) is 18.4 Å². The first-order valence-electron chi connectivity index (χ1n) is 11.5. The number of carbonyl (C=O) groups excluding carboxylic acids is 2. The quantitative estimate of drug-likeness (QED) is 0.340. The highest BCUT2D eigenvalue weighted by Gasteiger charge is 1.94. The van der Waals surface area contributed by atoms with Gasteiger partial charge in [-0.3, -0.25) is 0 Å². The number of aliphatic carboxylic acids is 1. The van der Waals surface area contributed by atoms with Gasteiger partial charge in [0.2, 0.25) is 0 Å². The molecule has 166 valence electrons. The fourth-order valence-electron chi connectivity index (χ4n) is 3.21. The topological polar surface area (TPSA) is 80.3 Å². The minimum absolute atomic E-state index is 0.220. The van der Waals surface area contributed by atoms with Crippen molar-refractivity contribution in [3.63, 3.8) is 0 Å². The van der Waals surface area contributed by atoms with Crippen LogP contribution in [0.1, 0.15) is 120 Å². The second-order valence-electron chi connectivity index (χ2n) is 7.73. The van der Waals surface area contributed by atoms with E-state index in [2.05, 4.69) is 6.92 Å². The van der Waals surface area contributed by atoms with E-state index in [-0.39, 0.29) is 12.0 Å². The van der Waals surface area contributed by atoms with Crippen LogP contribution < -0.4 is 10.2 Å². The number of benzene rings is 1. The summed E-state index contributed by atoms with van der Waals surface area (Å²) in [5.74, 6) is -2.03. The molecule has 0 fully saturated rings. The van der Waals surface area contributed by atoms with Crippen LogP contribution in [0.5, 0.6) is 0 Å². The molecule has 0 aromatic heterocycles. The van der Waals surface area contributed by atoms with Crippen LogP contribution in [0, 0.1) is 0 Å². The van der Waals surface area contributed by atoms with Crippen molar-refractivity contribution in [2.24, 2.45) is 0 Å². The molecular formula is C25H40O4-2. The Bertz CT molecular complexity index is 499. The Labute approximate surface area is 177 Å². The molecule has 4 nitrogen and oxygen atoms in total. The Balaban J connectivity index is 0.000000717. The third-order valence-electron chi connectivity index (χ3n) is 4.99. The number of rotatable bonds is 17. The summed E-state index contributed by atoms with van der Waals surface area (Å²) in [5.41, 5.74) is 0.220. The number of carbonyl (C=O) groups is 2. The van der Waals surface area contributed by atoms with Crippen LogP contribution in [0.2, 0.25) is 0 Å². The largest absolute Gasteiger partial charge is 0.550 e. The lowest BCUT2D eigenvalue weighted by Crippen LogP contribution is -2.21. The molecule has 1 rings (SSSR count). The Morgan fingerprint density at radius 2 is 1.00 bits per heavy atom. The fourth-order valence-corrected chi connectivity index (χ4v) is 3.21. The maximum atomic E-state index is 10.2. The molecule has 0 saturated heterocycles. The normalized spacial score (nSPS) is 10.2. The molecule has 0 N–H and O–H groups in total. The molecule has 0 aliphatic heterocycles. The van der Waals surface area contributed by atoms with Gasteiger partial charge < -0.3 is 19.8 Å². The highest BCUT2D eigenvalue weighted by molar-refractivity contribution is 5.85. The molecule has 0 unspecified atom stereocenters. The molecule has 0 atom stereocenters. The summed E-state index contributed by atoms with van der Waals surface area (Å²) in [7, 11) is 0. The fraction of sp³-hybridized carbons (Fsp3) is 0.680. The van der Waals surface area contributed by atoms with Crippen LogP contribution in [-0.2, 0) is 4.79 Å². The highest BCUT2D eigenvalue weighted by atomic mass is 16.4. The van der Waals surface area contributed by atoms with Gasteiger partial charge in [-0.1, -0.05) is 127 Å². The Kier molecular flexibility index (Phi) is 19.6. The number of hydrogen-bond acceptors (Lipinski definition) is 4. The number of aromatic carboxylic acids is 1. The summed E-state index contributed by atoms with van der Waals surface area (Å²) in [4.78, 5) is 20.3. The average Bonchev–Trinajstić information content (AvgIpc) is 2.72. The molecule has 0 saturated carbocycles. The van der Waals surface area contributed by atoms with Crippen LogP contribution in [0.4, 0.5) is 0 Å². The SMILES string of the molecule is CCCCCCCCCCCCCCCCCC(=O)[O-].O=C([O-])c1ccccc1. The Morgan fingerprint density at radius 3 is 1.31 bits per heavy atom. The predicted molar refractivity (Wildman–Crippen MR) is 115 cm³/mol. The van der Waals surface area contributed by atoms with Gasteiger partial charge in [-0.25, -0.2) is 0 Å². The average molecular weight is 405 g/mol. The predicted octanol–water partition coefficient (Wildman–Crippen LogP) is 5.05. The minimum Gasteiger partial charge on any atom is -0.550 e. The summed E-state index contributed by atoms with van der Waals surface area (Å²) in [6.45, 7) is 2.27. The van der Waals surface area contributed by atoms with Crippen LogP contribution in [0.25, 0.3) is 0 Å². The first kappa shape index (κ1) is 27.2. The second-order valence-corrected chi connectivity index (χ2v) is 7.73. The monoisotopic (exact) mass is 404 g/mol. The molecule has 0 spiro atoms. The van der Waals surface area contributed by atoms with E-state index < -0.39 is 11.9 Å². The van der Waals surface area contributed by atoms with Crippen LogP contribution in [-0.4, -0.2) is 11.9 Å². The summed E-state index contributed by atoms with van der Waals surface area (Å²) in [5, 5.41) is 20.3. The number of carboxylic acid groups (broad SMARTS) is 2. The van der Waals surface area contributed by atoms with Crippen molar-refractivity contribution < 1.29 is 19.8 Å². The van der Waals surface area contributed by atoms with E-state index in [1.807, 2.05) is 0 Å². The van der Waals surface area contributed by atoms with Gasteiger partial charge >= 0.3 is 0 Å². The van der Waals surface area contributed by atoms with Gasteiger partial charge in [0.05, 0.1) is 5.97 Å². The first-order chi connectivity index (χ1) is 14.1. The number of hydrogen-bond donors (Lipinski definition) is 0. The lowest BCUT2D eigenvalue weighted by atomic mass is 10.0. The van der Waals surface area contributed by atoms with E-state index >= 15 is 0 Å². The van der Waals surface area contributed by atoms with E-state index in [1.54, 1.807) is 18.2 Å². The van der Waals surface area contributed by atoms with Crippen molar-refractivity contribution in [2.45, 2.75) is 110 Å². The molecule has 0 aliphatic carbocycles. The van der Waals surface area contributed by atoms with Gasteiger partial charge in [0.1, 0.15) is 0 Å². The molecule has 0 radical (unpaired) electrons. The summed E-state index contributed by atoms with van der Waals surface area (Å²) < 4.78 is 0. The molecule has 0 amide bonds. The van der Waals surface area contributed by atoms with E-state index in [4.69, 9.17) is 0 Å². The van der Waals surface area contributed by atoms with Crippen molar-refractivity contribution in [2.75, 3.05) is 0 Å². The van der Waals surface area contributed by atoms with Gasteiger partial charge in [0.25, 0.3) is 0 Å². The molecule has 4 heteroatoms. The smallest absolute Gasteiger partial charge is 0.0715 e. The molecule has 0 heterocycles. The molecule has 29 heavy (non-hydrogen) atoms. The van der Waals surface area contributed by atoms with E-state index in [0.29, 0.717) is 0 Å². The maximum absolute atomic E-state index is 10.2. The number of carboxylic acids is 2. The zero-order valence-electron chi connectivity index (χ0n) is 18.3. The molecule has 0 aliphatic rings. The molecule has 0 bridgehead atoms. The first-order valence-corrected chi connectivity index (χ1v) is 11.5. The Hall–Kier alpha value is -1.84. The van der Waals surface area contributed by atoms with Gasteiger partial charge in [-0.2, -0.15) is 0 Å². The zero-order chi connectivity index (χ0) is 21.6. The van der Waals surface area contributed by atoms with Crippen LogP contribution >= 0.6 is 0 Å². The van der Waals surface area contributed by atoms with Crippen molar-refractivity contribution in [1.82, 2.24) is 0 Å². The Morgan fingerprint density at radius 1 is 0.621 bits per heavy atom. The van der Waals surface area contributed by atoms with Gasteiger partial charge in [-0.15, -0.1) is 0 Å². The van der Waals surface area contributed by atoms with Crippen molar-refractivity contribution in [3.8, 4) is 0 Å². The van der Waals surface area contributed by atoms with Gasteiger partial charge in [0.15, 0.2) is 0 Å². The van der Waals surface area contributed by atoms with Crippen LogP contribution in [0.3, 0.4) is 0 Å². The minimum atomic E-state index is -1.13. The second kappa shape index (κ2) is 20.9. The van der Waals surface area contributed by atoms with Crippen LogP contribution in [0.15, 0.2) is 30.3 Å². The molecular weight excluding hydrogens is 364 g/mol. The third kappa shape index (κ3) is 20.7. The zero-order valence-corrected chi connectivity index (χ0v) is 18.3. The molecule has 1 aromatic rings. The summed E-state index contributed by atoms with van der Waals surface area (Å²) in [6, 6.07) is 8.06. The lowest BCUT2D eigenvalue weighted by molar-refractivity contribution is -0.305. The summed E-state index contributed by atoms with van der Waals surface area (Å²) in [6.07, 6.45) is 19.9. The molecule has 1 aromatic carbocycles. The third-order valence-corrected chi connectivity index (χ3v) is 4.99. The highest BCUT2D eigenvalue weighted by Crippen LogP contribution is 2.13. The maximum Gasteiger partial charge on any atom is 0.0715 e. The summed E-state index contributed by atoms with van der Waals surface area (Å²) >= 11 is 0.